The Hall–Kier alpha value is -2.66. The molecule has 2 saturated heterocycles. The van der Waals surface area contributed by atoms with Crippen LogP contribution in [0.25, 0.3) is 0 Å². The second-order valence-corrected chi connectivity index (χ2v) is 7.96. The molecule has 31 heavy (non-hydrogen) atoms. The van der Waals surface area contributed by atoms with E-state index in [2.05, 4.69) is 20.1 Å². The van der Waals surface area contributed by atoms with Gasteiger partial charge in [0, 0.05) is 57.6 Å². The Morgan fingerprint density at radius 1 is 1.10 bits per heavy atom. The molecule has 2 aliphatic rings. The highest BCUT2D eigenvalue weighted by Crippen LogP contribution is 2.29. The number of aromatic amines is 1. The van der Waals surface area contributed by atoms with Gasteiger partial charge in [-0.1, -0.05) is 0 Å². The number of amides is 1. The molecule has 4 heterocycles. The van der Waals surface area contributed by atoms with Crippen molar-refractivity contribution in [1.82, 2.24) is 25.0 Å². The first-order valence-electron chi connectivity index (χ1n) is 10.3. The lowest BCUT2D eigenvalue weighted by molar-refractivity contribution is -0.137. The predicted octanol–water partition coefficient (Wildman–Crippen LogP) is 1.74. The van der Waals surface area contributed by atoms with Gasteiger partial charge in [-0.3, -0.25) is 14.8 Å². The van der Waals surface area contributed by atoms with Crippen LogP contribution in [0.2, 0.25) is 0 Å². The molecule has 4 rings (SSSR count). The molecule has 0 unspecified atom stereocenters. The molecule has 0 aromatic carbocycles. The molecular weight excluding hydrogens is 413 g/mol. The topological polar surface area (TPSA) is 88.6 Å². The normalized spacial score (nSPS) is 19.1. The van der Waals surface area contributed by atoms with E-state index >= 15 is 0 Å². The maximum absolute atomic E-state index is 12.8. The molecule has 0 saturated carbocycles. The Balaban J connectivity index is 1.33. The number of rotatable bonds is 4. The summed E-state index contributed by atoms with van der Waals surface area (Å²) in [5.41, 5.74) is 0.538. The quantitative estimate of drug-likeness (QED) is 0.756. The zero-order valence-corrected chi connectivity index (χ0v) is 17.0. The van der Waals surface area contributed by atoms with Crippen molar-refractivity contribution >= 4 is 11.7 Å². The van der Waals surface area contributed by atoms with Crippen molar-refractivity contribution in [3.05, 3.63) is 41.3 Å². The van der Waals surface area contributed by atoms with E-state index < -0.39 is 11.7 Å². The summed E-state index contributed by atoms with van der Waals surface area (Å²) in [5.74, 6) is 0.422. The van der Waals surface area contributed by atoms with Crippen LogP contribution in [0, 0.1) is 0 Å². The van der Waals surface area contributed by atoms with E-state index in [0.717, 1.165) is 17.8 Å². The third kappa shape index (κ3) is 4.99. The minimum absolute atomic E-state index is 0.105. The Labute approximate surface area is 177 Å². The van der Waals surface area contributed by atoms with Crippen LogP contribution >= 0.6 is 0 Å². The average molecular weight is 438 g/mol. The molecule has 0 radical (unpaired) electrons. The zero-order valence-electron chi connectivity index (χ0n) is 17.0. The number of pyridine rings is 1. The van der Waals surface area contributed by atoms with Crippen LogP contribution < -0.4 is 4.90 Å². The summed E-state index contributed by atoms with van der Waals surface area (Å²) in [6.45, 7) is 4.25. The van der Waals surface area contributed by atoms with Gasteiger partial charge in [0.25, 0.3) is 5.91 Å². The minimum Gasteiger partial charge on any atom is -0.393 e. The summed E-state index contributed by atoms with van der Waals surface area (Å²) < 4.78 is 38.1. The first-order chi connectivity index (χ1) is 14.8. The molecule has 2 fully saturated rings. The number of carbonyl (C=O) groups is 1. The number of likely N-dealkylation sites (tertiary alicyclic amines) is 1. The van der Waals surface area contributed by atoms with Crippen LogP contribution in [-0.4, -0.2) is 81.4 Å². The van der Waals surface area contributed by atoms with Gasteiger partial charge >= 0.3 is 6.18 Å². The van der Waals surface area contributed by atoms with Crippen molar-refractivity contribution in [2.45, 2.75) is 31.7 Å². The van der Waals surface area contributed by atoms with Crippen molar-refractivity contribution in [3.8, 4) is 0 Å². The number of aliphatic hydroxyl groups is 1. The summed E-state index contributed by atoms with van der Waals surface area (Å²) in [6.07, 6.45) is -1.05. The number of piperazine rings is 1. The molecule has 1 amide bonds. The van der Waals surface area contributed by atoms with Gasteiger partial charge in [-0.25, -0.2) is 4.98 Å². The number of halogens is 3. The molecule has 2 aliphatic heterocycles. The van der Waals surface area contributed by atoms with Gasteiger partial charge in [-0.15, -0.1) is 0 Å². The lowest BCUT2D eigenvalue weighted by Gasteiger charge is -2.35. The Morgan fingerprint density at radius 2 is 1.81 bits per heavy atom. The van der Waals surface area contributed by atoms with E-state index in [1.807, 2.05) is 4.90 Å². The number of aliphatic hydroxyl groups excluding tert-OH is 1. The summed E-state index contributed by atoms with van der Waals surface area (Å²) >= 11 is 0. The molecule has 0 atom stereocenters. The summed E-state index contributed by atoms with van der Waals surface area (Å²) in [6, 6.07) is 2.46. The highest BCUT2D eigenvalue weighted by atomic mass is 19.4. The number of carbonyl (C=O) groups excluding carboxylic acids is 1. The number of alkyl halides is 3. The van der Waals surface area contributed by atoms with Gasteiger partial charge in [-0.05, 0) is 25.0 Å². The molecule has 2 aromatic rings. The fraction of sp³-hybridized carbons (Fsp3) is 0.550. The van der Waals surface area contributed by atoms with E-state index in [9.17, 15) is 23.1 Å². The van der Waals surface area contributed by atoms with Crippen LogP contribution in [-0.2, 0) is 12.7 Å². The van der Waals surface area contributed by atoms with Crippen LogP contribution in [0.4, 0.5) is 19.0 Å². The number of H-pyrrole nitrogens is 1. The average Bonchev–Trinajstić information content (AvgIpc) is 3.22. The van der Waals surface area contributed by atoms with Crippen molar-refractivity contribution in [3.63, 3.8) is 0 Å². The number of nitrogens with one attached hydrogen (secondary N) is 1. The lowest BCUT2D eigenvalue weighted by Crippen LogP contribution is -2.46. The third-order valence-corrected chi connectivity index (χ3v) is 5.85. The largest absolute Gasteiger partial charge is 0.417 e. The van der Waals surface area contributed by atoms with E-state index in [-0.39, 0.29) is 12.0 Å². The molecule has 2 N–H and O–H groups in total. The lowest BCUT2D eigenvalue weighted by atomic mass is 10.1. The Kier molecular flexibility index (Phi) is 6.15. The standard InChI is InChI=1S/C20H25F3N6O2/c21-20(22,23)15-1-2-17(24-12-15)28-9-7-27(8-10-28)13-14-11-25-26-18(14)19(31)29-5-3-16(30)4-6-29/h1-2,11-12,16,30H,3-10,13H2,(H,25,26). The number of nitrogens with zero attached hydrogens (tertiary/aromatic N) is 5. The van der Waals surface area contributed by atoms with E-state index in [1.54, 1.807) is 11.1 Å². The number of aromatic nitrogens is 3. The highest BCUT2D eigenvalue weighted by molar-refractivity contribution is 5.93. The van der Waals surface area contributed by atoms with E-state index in [0.29, 0.717) is 70.2 Å². The molecule has 0 spiro atoms. The highest BCUT2D eigenvalue weighted by Gasteiger charge is 2.31. The number of hydrogen-bond donors (Lipinski definition) is 2. The predicted molar refractivity (Wildman–Crippen MR) is 106 cm³/mol. The van der Waals surface area contributed by atoms with Crippen molar-refractivity contribution in [1.29, 1.82) is 0 Å². The maximum Gasteiger partial charge on any atom is 0.417 e. The van der Waals surface area contributed by atoms with Gasteiger partial charge in [0.05, 0.1) is 17.9 Å². The fourth-order valence-corrected chi connectivity index (χ4v) is 3.96. The van der Waals surface area contributed by atoms with Gasteiger partial charge in [0.1, 0.15) is 11.5 Å². The van der Waals surface area contributed by atoms with E-state index in [1.165, 1.54) is 6.07 Å². The number of anilines is 1. The summed E-state index contributed by atoms with van der Waals surface area (Å²) in [7, 11) is 0. The zero-order chi connectivity index (χ0) is 22.0. The number of hydrogen-bond acceptors (Lipinski definition) is 6. The first kappa shape index (κ1) is 21.6. The molecule has 168 valence electrons. The van der Waals surface area contributed by atoms with Gasteiger partial charge in [0.15, 0.2) is 0 Å². The van der Waals surface area contributed by atoms with Crippen LogP contribution in [0.15, 0.2) is 24.5 Å². The molecule has 2 aromatic heterocycles. The van der Waals surface area contributed by atoms with Gasteiger partial charge in [0.2, 0.25) is 0 Å². The Morgan fingerprint density at radius 3 is 2.42 bits per heavy atom. The van der Waals surface area contributed by atoms with Crippen LogP contribution in [0.1, 0.15) is 34.5 Å². The molecule has 11 heteroatoms. The Bertz CT molecular complexity index is 885. The smallest absolute Gasteiger partial charge is 0.393 e. The van der Waals surface area contributed by atoms with E-state index in [4.69, 9.17) is 0 Å². The van der Waals surface area contributed by atoms with Crippen molar-refractivity contribution in [2.75, 3.05) is 44.2 Å². The van der Waals surface area contributed by atoms with Gasteiger partial charge < -0.3 is 14.9 Å². The second-order valence-electron chi connectivity index (χ2n) is 7.96. The molecule has 0 aliphatic carbocycles. The summed E-state index contributed by atoms with van der Waals surface area (Å²) in [5, 5.41) is 16.5. The molecule has 0 bridgehead atoms. The monoisotopic (exact) mass is 438 g/mol. The summed E-state index contributed by atoms with van der Waals surface area (Å²) in [4.78, 5) is 22.7. The van der Waals surface area contributed by atoms with Crippen molar-refractivity contribution < 1.29 is 23.1 Å². The fourth-order valence-electron chi connectivity index (χ4n) is 3.96. The van der Waals surface area contributed by atoms with Gasteiger partial charge in [-0.2, -0.15) is 18.3 Å². The van der Waals surface area contributed by atoms with Crippen LogP contribution in [0.3, 0.4) is 0 Å². The van der Waals surface area contributed by atoms with Crippen LogP contribution in [0.5, 0.6) is 0 Å². The first-order valence-corrected chi connectivity index (χ1v) is 10.3. The maximum atomic E-state index is 12.8. The molecule has 8 nitrogen and oxygen atoms in total. The second kappa shape index (κ2) is 8.83. The minimum atomic E-state index is -4.39. The SMILES string of the molecule is O=C(c1[nH]ncc1CN1CCN(c2ccc(C(F)(F)F)cn2)CC1)N1CCC(O)CC1. The third-order valence-electron chi connectivity index (χ3n) is 5.85. The molecular formula is C20H25F3N6O2. The van der Waals surface area contributed by atoms with Crippen molar-refractivity contribution in [2.24, 2.45) is 0 Å². The number of piperidine rings is 1.